The Morgan fingerprint density at radius 1 is 1.26 bits per heavy atom. The summed E-state index contributed by atoms with van der Waals surface area (Å²) in [4.78, 5) is 50.6. The molecule has 6 unspecified atom stereocenters. The number of aromatic amines is 1. The molecule has 3 amide bonds. The van der Waals surface area contributed by atoms with E-state index in [9.17, 15) is 19.5 Å². The Morgan fingerprint density at radius 2 is 2.02 bits per heavy atom. The lowest BCUT2D eigenvalue weighted by molar-refractivity contribution is -0.322. The van der Waals surface area contributed by atoms with Gasteiger partial charge in [-0.15, -0.1) is 0 Å². The third kappa shape index (κ3) is 3.99. The van der Waals surface area contributed by atoms with Gasteiger partial charge in [-0.05, 0) is 61.4 Å². The van der Waals surface area contributed by atoms with Crippen molar-refractivity contribution in [2.45, 2.75) is 83.1 Å². The van der Waals surface area contributed by atoms with Gasteiger partial charge in [-0.2, -0.15) is 0 Å². The summed E-state index contributed by atoms with van der Waals surface area (Å²) in [6.07, 6.45) is 4.36. The molecular formula is C32H40ClN5O5. The smallest absolute Gasteiger partial charge is 0.281 e. The van der Waals surface area contributed by atoms with Gasteiger partial charge in [-0.25, -0.2) is 0 Å². The number of aliphatic hydroxyl groups is 1. The van der Waals surface area contributed by atoms with Crippen LogP contribution in [0.2, 0.25) is 5.15 Å². The predicted octanol–water partition coefficient (Wildman–Crippen LogP) is 3.08. The van der Waals surface area contributed by atoms with Crippen LogP contribution in [0.4, 0.5) is 0 Å². The lowest BCUT2D eigenvalue weighted by atomic mass is 9.79. The minimum atomic E-state index is -2.02. The molecule has 230 valence electrons. The van der Waals surface area contributed by atoms with E-state index in [1.165, 1.54) is 4.90 Å². The van der Waals surface area contributed by atoms with E-state index in [0.717, 1.165) is 34.0 Å². The number of rotatable bonds is 5. The summed E-state index contributed by atoms with van der Waals surface area (Å²) in [6, 6.07) is 4.57. The number of likely N-dealkylation sites (N-methyl/N-ethyl adjacent to an activating group) is 1. The molecule has 5 aliphatic rings. The molecule has 6 atom stereocenters. The van der Waals surface area contributed by atoms with E-state index in [1.54, 1.807) is 18.7 Å². The first kappa shape index (κ1) is 28.8. The average Bonchev–Trinajstić information content (AvgIpc) is 3.63. The summed E-state index contributed by atoms with van der Waals surface area (Å²) in [5.74, 6) is -4.09. The first-order valence-electron chi connectivity index (χ1n) is 15.5. The molecule has 0 spiro atoms. The molecule has 0 saturated carbocycles. The van der Waals surface area contributed by atoms with Gasteiger partial charge in [0.25, 0.3) is 11.8 Å². The van der Waals surface area contributed by atoms with Crippen LogP contribution in [0.1, 0.15) is 58.1 Å². The van der Waals surface area contributed by atoms with Crippen LogP contribution in [-0.2, 0) is 25.5 Å². The molecule has 7 rings (SSSR count). The van der Waals surface area contributed by atoms with Crippen molar-refractivity contribution in [3.8, 4) is 0 Å². The summed E-state index contributed by atoms with van der Waals surface area (Å²) >= 11 is 6.58. The quantitative estimate of drug-likeness (QED) is 0.480. The highest BCUT2D eigenvalue weighted by molar-refractivity contribution is 6.32. The van der Waals surface area contributed by atoms with Crippen molar-refractivity contribution in [3.05, 3.63) is 40.6 Å². The predicted molar refractivity (Wildman–Crippen MR) is 161 cm³/mol. The van der Waals surface area contributed by atoms with Crippen LogP contribution in [0.3, 0.4) is 0 Å². The van der Waals surface area contributed by atoms with Crippen LogP contribution in [0.15, 0.2) is 24.3 Å². The van der Waals surface area contributed by atoms with Gasteiger partial charge in [0.1, 0.15) is 17.2 Å². The first-order chi connectivity index (χ1) is 20.4. The first-order valence-corrected chi connectivity index (χ1v) is 15.8. The van der Waals surface area contributed by atoms with E-state index >= 15 is 0 Å². The number of hydrogen-bond donors (Lipinski definition) is 3. The molecule has 2 aromatic rings. The maximum Gasteiger partial charge on any atom is 0.281 e. The molecular weight excluding hydrogens is 570 g/mol. The summed E-state index contributed by atoms with van der Waals surface area (Å²) in [5.41, 5.74) is 2.34. The van der Waals surface area contributed by atoms with E-state index < -0.39 is 41.5 Å². The highest BCUT2D eigenvalue weighted by atomic mass is 35.5. The molecule has 5 heterocycles. The van der Waals surface area contributed by atoms with Crippen LogP contribution in [0.25, 0.3) is 16.5 Å². The van der Waals surface area contributed by atoms with E-state index in [2.05, 4.69) is 21.3 Å². The number of benzene rings is 1. The average molecular weight is 610 g/mol. The number of aromatic nitrogens is 1. The van der Waals surface area contributed by atoms with Gasteiger partial charge in [0.05, 0.1) is 5.92 Å². The third-order valence-corrected chi connectivity index (χ3v) is 10.6. The van der Waals surface area contributed by atoms with E-state index in [4.69, 9.17) is 16.3 Å². The maximum atomic E-state index is 14.4. The Bertz CT molecular complexity index is 1570. The van der Waals surface area contributed by atoms with Gasteiger partial charge in [0.2, 0.25) is 17.5 Å². The van der Waals surface area contributed by atoms with E-state index in [0.29, 0.717) is 37.5 Å². The number of nitrogens with zero attached hydrogens (tertiary/aromatic N) is 3. The molecule has 0 bridgehead atoms. The van der Waals surface area contributed by atoms with Crippen molar-refractivity contribution in [1.29, 1.82) is 0 Å². The molecule has 3 fully saturated rings. The van der Waals surface area contributed by atoms with E-state index in [-0.39, 0.29) is 23.8 Å². The Balaban J connectivity index is 1.25. The van der Waals surface area contributed by atoms with Crippen molar-refractivity contribution < 1.29 is 24.2 Å². The van der Waals surface area contributed by atoms with Gasteiger partial charge in [0.15, 0.2) is 0 Å². The Morgan fingerprint density at radius 3 is 2.74 bits per heavy atom. The number of H-pyrrole nitrogens is 1. The number of ether oxygens (including phenoxy) is 1. The second-order valence-corrected chi connectivity index (χ2v) is 14.1. The summed E-state index contributed by atoms with van der Waals surface area (Å²) in [5, 5.41) is 16.9. The van der Waals surface area contributed by atoms with Crippen molar-refractivity contribution in [1.82, 2.24) is 25.0 Å². The number of nitrogens with one attached hydrogen (secondary N) is 2. The minimum absolute atomic E-state index is 0.0599. The monoisotopic (exact) mass is 609 g/mol. The van der Waals surface area contributed by atoms with Gasteiger partial charge in [-0.3, -0.25) is 28.9 Å². The fourth-order valence-corrected chi connectivity index (χ4v) is 8.42. The van der Waals surface area contributed by atoms with Crippen LogP contribution in [0, 0.1) is 17.8 Å². The number of carbonyl (C=O) groups excluding carboxylic acids is 3. The molecule has 10 nitrogen and oxygen atoms in total. The van der Waals surface area contributed by atoms with Crippen LogP contribution >= 0.6 is 11.6 Å². The van der Waals surface area contributed by atoms with Gasteiger partial charge in [-0.1, -0.05) is 57.5 Å². The molecule has 4 aliphatic heterocycles. The number of piperazine rings is 1. The van der Waals surface area contributed by atoms with Crippen LogP contribution < -0.4 is 5.32 Å². The van der Waals surface area contributed by atoms with E-state index in [1.807, 2.05) is 39.1 Å². The standard InChI is InChI=1S/C32H40ClN5O5/c1-16(2)12-24-29(40)37-11-7-10-25(37)32(42)38(24)30(41)31(43-32,17(3)4)35-28(39)18-13-20-19-8-6-9-22-26(19)21(27(33)34-22)14-23(20)36(5)15-18/h6,8-9,13,16-18,23-25,34,42H,7,10-12,14-15H2,1-5H3,(H,35,39). The highest BCUT2D eigenvalue weighted by Gasteiger charge is 2.72. The summed E-state index contributed by atoms with van der Waals surface area (Å²) in [7, 11) is 2.00. The second-order valence-electron chi connectivity index (χ2n) is 13.7. The molecule has 3 N–H and O–H groups in total. The van der Waals surface area contributed by atoms with Gasteiger partial charge >= 0.3 is 0 Å². The summed E-state index contributed by atoms with van der Waals surface area (Å²) < 4.78 is 6.43. The third-order valence-electron chi connectivity index (χ3n) is 10.3. The molecule has 43 heavy (non-hydrogen) atoms. The molecule has 1 aromatic heterocycles. The van der Waals surface area contributed by atoms with Crippen LogP contribution in [0.5, 0.6) is 0 Å². The normalized spacial score (nSPS) is 33.7. The van der Waals surface area contributed by atoms with Gasteiger partial charge < -0.3 is 20.3 Å². The second kappa shape index (κ2) is 9.79. The number of hydrogen-bond acceptors (Lipinski definition) is 6. The Kier molecular flexibility index (Phi) is 6.56. The van der Waals surface area contributed by atoms with Crippen molar-refractivity contribution >= 4 is 45.8 Å². The molecule has 3 saturated heterocycles. The molecule has 1 aliphatic carbocycles. The lowest BCUT2D eigenvalue weighted by Gasteiger charge is -2.49. The Labute approximate surface area is 256 Å². The lowest BCUT2D eigenvalue weighted by Crippen LogP contribution is -2.71. The molecule has 0 radical (unpaired) electrons. The van der Waals surface area contributed by atoms with Crippen molar-refractivity contribution in [2.24, 2.45) is 17.8 Å². The SMILES string of the molecule is CC(C)CC1C(=O)N2CCCC2C2(O)OC(NC(=O)C3C=C4c5cccc6[nH]c(Cl)c(c56)CC4N(C)C3)(C(C)C)C(=O)N12. The fourth-order valence-electron chi connectivity index (χ4n) is 8.15. The largest absolute Gasteiger partial charge is 0.347 e. The summed E-state index contributed by atoms with van der Waals surface area (Å²) in [6.45, 7) is 8.51. The highest BCUT2D eigenvalue weighted by Crippen LogP contribution is 2.49. The molecule has 1 aromatic carbocycles. The van der Waals surface area contributed by atoms with Gasteiger partial charge in [0, 0.05) is 36.0 Å². The fraction of sp³-hybridized carbons (Fsp3) is 0.594. The van der Waals surface area contributed by atoms with Crippen LogP contribution in [-0.4, -0.2) is 92.4 Å². The maximum absolute atomic E-state index is 14.4. The number of amides is 3. The van der Waals surface area contributed by atoms with Crippen molar-refractivity contribution in [2.75, 3.05) is 20.1 Å². The Hall–Kier alpha value is -2.92. The minimum Gasteiger partial charge on any atom is -0.347 e. The molecule has 11 heteroatoms. The zero-order valence-corrected chi connectivity index (χ0v) is 26.1. The topological polar surface area (TPSA) is 118 Å². The zero-order chi connectivity index (χ0) is 30.6. The number of fused-ring (bicyclic) bond motifs is 5. The zero-order valence-electron chi connectivity index (χ0n) is 25.3. The number of carbonyl (C=O) groups is 3. The number of halogens is 1. The van der Waals surface area contributed by atoms with Crippen molar-refractivity contribution in [3.63, 3.8) is 0 Å².